The van der Waals surface area contributed by atoms with Crippen molar-refractivity contribution >= 4 is 21.6 Å². The van der Waals surface area contributed by atoms with Crippen LogP contribution in [0.5, 0.6) is 0 Å². The molecule has 6 nitrogen and oxygen atoms in total. The number of rotatable bonds is 10. The molecule has 0 aliphatic heterocycles. The molecular weight excluding hydrogens is 386 g/mol. The van der Waals surface area contributed by atoms with E-state index in [2.05, 4.69) is 14.9 Å². The summed E-state index contributed by atoms with van der Waals surface area (Å²) in [5.41, 5.74) is 3.58. The number of aryl methyl sites for hydroxylation is 3. The van der Waals surface area contributed by atoms with Gasteiger partial charge in [-0.3, -0.25) is 4.79 Å². The van der Waals surface area contributed by atoms with Crippen LogP contribution < -0.4 is 14.9 Å². The van der Waals surface area contributed by atoms with Gasteiger partial charge in [0.05, 0.1) is 4.90 Å². The number of hydrogen-bond acceptors (Lipinski definition) is 4. The van der Waals surface area contributed by atoms with E-state index in [1.165, 1.54) is 0 Å². The van der Waals surface area contributed by atoms with Crippen molar-refractivity contribution in [3.05, 3.63) is 59.2 Å². The number of benzene rings is 2. The lowest BCUT2D eigenvalue weighted by atomic mass is 10.1. The summed E-state index contributed by atoms with van der Waals surface area (Å²) >= 11 is 0. The van der Waals surface area contributed by atoms with Crippen LogP contribution in [0.15, 0.2) is 47.4 Å². The fourth-order valence-corrected chi connectivity index (χ4v) is 4.89. The molecule has 0 unspecified atom stereocenters. The summed E-state index contributed by atoms with van der Waals surface area (Å²) in [5, 5.41) is 2.85. The first-order valence-corrected chi connectivity index (χ1v) is 11.3. The maximum Gasteiger partial charge on any atom is 0.241 e. The number of para-hydroxylation sites is 1. The van der Waals surface area contributed by atoms with Gasteiger partial charge in [-0.2, -0.15) is 0 Å². The number of nitrogens with zero attached hydrogens (tertiary/aromatic N) is 1. The van der Waals surface area contributed by atoms with Crippen molar-refractivity contribution in [3.63, 3.8) is 0 Å². The average Bonchev–Trinajstić information content (AvgIpc) is 2.64. The largest absolute Gasteiger partial charge is 0.375 e. The Hall–Kier alpha value is -2.38. The fourth-order valence-electron chi connectivity index (χ4n) is 3.41. The SMILES string of the molecule is Cc1cc(C)c(S(=O)(=O)NCCC(=O)NCCCN(C)c2ccccc2)c(C)c1. The molecule has 29 heavy (non-hydrogen) atoms. The second-order valence-electron chi connectivity index (χ2n) is 7.34. The van der Waals surface area contributed by atoms with Gasteiger partial charge in [0.1, 0.15) is 0 Å². The van der Waals surface area contributed by atoms with Gasteiger partial charge in [-0.15, -0.1) is 0 Å². The highest BCUT2D eigenvalue weighted by molar-refractivity contribution is 7.89. The molecule has 0 bridgehead atoms. The molecule has 0 saturated carbocycles. The van der Waals surface area contributed by atoms with Crippen molar-refractivity contribution in [3.8, 4) is 0 Å². The van der Waals surface area contributed by atoms with Crippen molar-refractivity contribution in [2.24, 2.45) is 0 Å². The maximum absolute atomic E-state index is 12.6. The van der Waals surface area contributed by atoms with Gasteiger partial charge in [0.15, 0.2) is 0 Å². The lowest BCUT2D eigenvalue weighted by molar-refractivity contribution is -0.120. The number of amides is 1. The van der Waals surface area contributed by atoms with Gasteiger partial charge in [-0.05, 0) is 50.5 Å². The normalized spacial score (nSPS) is 11.3. The molecule has 0 spiro atoms. The van der Waals surface area contributed by atoms with Gasteiger partial charge >= 0.3 is 0 Å². The summed E-state index contributed by atoms with van der Waals surface area (Å²) < 4.78 is 27.7. The Labute approximate surface area is 174 Å². The van der Waals surface area contributed by atoms with E-state index in [0.29, 0.717) is 22.6 Å². The summed E-state index contributed by atoms with van der Waals surface area (Å²) in [6.07, 6.45) is 0.919. The Morgan fingerprint density at radius 2 is 1.62 bits per heavy atom. The molecule has 0 radical (unpaired) electrons. The highest BCUT2D eigenvalue weighted by Crippen LogP contribution is 2.21. The van der Waals surface area contributed by atoms with Crippen LogP contribution >= 0.6 is 0 Å². The van der Waals surface area contributed by atoms with Crippen LogP contribution in [0.3, 0.4) is 0 Å². The van der Waals surface area contributed by atoms with Crippen LogP contribution in [-0.2, 0) is 14.8 Å². The minimum Gasteiger partial charge on any atom is -0.375 e. The highest BCUT2D eigenvalue weighted by Gasteiger charge is 2.19. The highest BCUT2D eigenvalue weighted by atomic mass is 32.2. The van der Waals surface area contributed by atoms with Gasteiger partial charge in [-0.1, -0.05) is 35.9 Å². The molecule has 0 fully saturated rings. The van der Waals surface area contributed by atoms with E-state index in [9.17, 15) is 13.2 Å². The van der Waals surface area contributed by atoms with E-state index in [1.54, 1.807) is 13.8 Å². The first kappa shape index (κ1) is 22.9. The Balaban J connectivity index is 1.73. The second kappa shape index (κ2) is 10.4. The van der Waals surface area contributed by atoms with Crippen LogP contribution in [-0.4, -0.2) is 41.0 Å². The second-order valence-corrected chi connectivity index (χ2v) is 9.04. The molecule has 2 rings (SSSR count). The van der Waals surface area contributed by atoms with Gasteiger partial charge in [0.2, 0.25) is 15.9 Å². The van der Waals surface area contributed by atoms with E-state index in [0.717, 1.165) is 24.2 Å². The molecule has 2 aromatic rings. The molecule has 0 aliphatic carbocycles. The summed E-state index contributed by atoms with van der Waals surface area (Å²) in [6, 6.07) is 13.8. The molecule has 2 aromatic carbocycles. The predicted octanol–water partition coefficient (Wildman–Crippen LogP) is 2.92. The van der Waals surface area contributed by atoms with Crippen molar-refractivity contribution in [1.29, 1.82) is 0 Å². The lowest BCUT2D eigenvalue weighted by Crippen LogP contribution is -2.32. The summed E-state index contributed by atoms with van der Waals surface area (Å²) in [7, 11) is -1.62. The molecular formula is C22H31N3O3S. The number of carbonyl (C=O) groups excluding carboxylic acids is 1. The minimum atomic E-state index is -3.64. The third-order valence-corrected chi connectivity index (χ3v) is 6.47. The quantitative estimate of drug-likeness (QED) is 0.583. The van der Waals surface area contributed by atoms with E-state index < -0.39 is 10.0 Å². The Morgan fingerprint density at radius 1 is 1.00 bits per heavy atom. The summed E-state index contributed by atoms with van der Waals surface area (Å²) in [4.78, 5) is 14.4. The molecule has 0 saturated heterocycles. The van der Waals surface area contributed by atoms with Gasteiger partial charge in [0, 0.05) is 38.8 Å². The number of carbonyl (C=O) groups is 1. The predicted molar refractivity (Wildman–Crippen MR) is 118 cm³/mol. The smallest absolute Gasteiger partial charge is 0.241 e. The third kappa shape index (κ3) is 6.87. The lowest BCUT2D eigenvalue weighted by Gasteiger charge is -2.19. The molecule has 0 aliphatic rings. The van der Waals surface area contributed by atoms with Crippen LogP contribution in [0.2, 0.25) is 0 Å². The van der Waals surface area contributed by atoms with Crippen molar-refractivity contribution in [2.75, 3.05) is 31.6 Å². The Bertz CT molecular complexity index is 905. The van der Waals surface area contributed by atoms with Gasteiger partial charge in [0.25, 0.3) is 0 Å². The molecule has 158 valence electrons. The first-order valence-electron chi connectivity index (χ1n) is 9.81. The molecule has 1 amide bonds. The van der Waals surface area contributed by atoms with E-state index in [4.69, 9.17) is 0 Å². The standard InChI is InChI=1S/C22H31N3O3S/c1-17-15-18(2)22(19(3)16-17)29(27,28)24-13-11-21(26)23-12-8-14-25(4)20-9-6-5-7-10-20/h5-7,9-10,15-16,24H,8,11-14H2,1-4H3,(H,23,26). The van der Waals surface area contributed by atoms with E-state index >= 15 is 0 Å². The van der Waals surface area contributed by atoms with Gasteiger partial charge < -0.3 is 10.2 Å². The summed E-state index contributed by atoms with van der Waals surface area (Å²) in [6.45, 7) is 6.96. The topological polar surface area (TPSA) is 78.5 Å². The van der Waals surface area contributed by atoms with Crippen LogP contribution in [0.4, 0.5) is 5.69 Å². The number of sulfonamides is 1. The summed E-state index contributed by atoms with van der Waals surface area (Å²) in [5.74, 6) is -0.160. The van der Waals surface area contributed by atoms with Gasteiger partial charge in [-0.25, -0.2) is 13.1 Å². The average molecular weight is 418 g/mol. The number of nitrogens with one attached hydrogen (secondary N) is 2. The van der Waals surface area contributed by atoms with Crippen molar-refractivity contribution in [2.45, 2.75) is 38.5 Å². The number of hydrogen-bond donors (Lipinski definition) is 2. The molecule has 0 aromatic heterocycles. The zero-order valence-electron chi connectivity index (χ0n) is 17.7. The number of anilines is 1. The minimum absolute atomic E-state index is 0.0742. The van der Waals surface area contributed by atoms with Crippen molar-refractivity contribution < 1.29 is 13.2 Å². The zero-order valence-corrected chi connectivity index (χ0v) is 18.5. The molecule has 0 atom stereocenters. The van der Waals surface area contributed by atoms with E-state index in [-0.39, 0.29) is 18.9 Å². The fraction of sp³-hybridized carbons (Fsp3) is 0.409. The van der Waals surface area contributed by atoms with Crippen LogP contribution in [0.25, 0.3) is 0 Å². The Morgan fingerprint density at radius 3 is 2.24 bits per heavy atom. The third-order valence-electron chi connectivity index (χ3n) is 4.71. The van der Waals surface area contributed by atoms with Crippen LogP contribution in [0, 0.1) is 20.8 Å². The van der Waals surface area contributed by atoms with Crippen LogP contribution in [0.1, 0.15) is 29.5 Å². The maximum atomic E-state index is 12.6. The van der Waals surface area contributed by atoms with Crippen molar-refractivity contribution in [1.82, 2.24) is 10.0 Å². The van der Waals surface area contributed by atoms with E-state index in [1.807, 2.05) is 56.4 Å². The molecule has 2 N–H and O–H groups in total. The first-order chi connectivity index (χ1) is 13.7. The Kier molecular flexibility index (Phi) is 8.22. The molecule has 0 heterocycles. The monoisotopic (exact) mass is 417 g/mol. The zero-order chi connectivity index (χ0) is 21.4. The molecule has 7 heteroatoms.